The van der Waals surface area contributed by atoms with Crippen molar-refractivity contribution < 1.29 is 0 Å². The Labute approximate surface area is 175 Å². The Morgan fingerprint density at radius 2 is 1.34 bits per heavy atom. The first-order valence-electron chi connectivity index (χ1n) is 10.8. The Hall–Kier alpha value is -2.58. The number of fused-ring (bicyclic) bond motifs is 2. The number of para-hydroxylation sites is 2. The van der Waals surface area contributed by atoms with Gasteiger partial charge < -0.3 is 9.80 Å². The van der Waals surface area contributed by atoms with Gasteiger partial charge in [0.05, 0.1) is 0 Å². The number of anilines is 2. The molecule has 0 aromatic heterocycles. The standard InChI is InChI=1S/C27H32N2/c1-21-23-14-7-9-16-26(23)29(19-11-18-28(2)3)27-17-10-8-15-24(27)25(21)20-22-12-5-4-6-13-22/h4-10,12-17,21,25H,11,18-20H2,1-3H3. The van der Waals surface area contributed by atoms with Gasteiger partial charge in [-0.25, -0.2) is 0 Å². The second-order valence-electron chi connectivity index (χ2n) is 8.51. The van der Waals surface area contributed by atoms with Crippen molar-refractivity contribution in [1.29, 1.82) is 0 Å². The van der Waals surface area contributed by atoms with Gasteiger partial charge in [-0.05, 0) is 74.1 Å². The van der Waals surface area contributed by atoms with Crippen molar-refractivity contribution in [2.24, 2.45) is 0 Å². The molecule has 2 nitrogen and oxygen atoms in total. The summed E-state index contributed by atoms with van der Waals surface area (Å²) in [4.78, 5) is 4.84. The van der Waals surface area contributed by atoms with Gasteiger partial charge in [-0.15, -0.1) is 0 Å². The first kappa shape index (κ1) is 19.7. The minimum Gasteiger partial charge on any atom is -0.341 e. The lowest BCUT2D eigenvalue weighted by Gasteiger charge is -2.28. The van der Waals surface area contributed by atoms with E-state index in [0.29, 0.717) is 11.8 Å². The molecule has 0 spiro atoms. The van der Waals surface area contributed by atoms with Crippen LogP contribution >= 0.6 is 0 Å². The maximum Gasteiger partial charge on any atom is 0.0446 e. The van der Waals surface area contributed by atoms with Crippen LogP contribution in [0.2, 0.25) is 0 Å². The Balaban J connectivity index is 1.78. The van der Waals surface area contributed by atoms with E-state index in [1.165, 1.54) is 28.1 Å². The SMILES string of the molecule is CC1c2ccccc2N(CCCN(C)C)c2ccccc2C1Cc1ccccc1. The maximum atomic E-state index is 2.57. The summed E-state index contributed by atoms with van der Waals surface area (Å²) in [5, 5.41) is 0. The van der Waals surface area contributed by atoms with Crippen LogP contribution in [-0.2, 0) is 6.42 Å². The third-order valence-corrected chi connectivity index (χ3v) is 6.23. The summed E-state index contributed by atoms with van der Waals surface area (Å²) in [6.45, 7) is 4.55. The molecule has 1 heterocycles. The molecule has 3 aromatic carbocycles. The van der Waals surface area contributed by atoms with Crippen LogP contribution in [0.1, 0.15) is 41.9 Å². The van der Waals surface area contributed by atoms with Crippen LogP contribution < -0.4 is 4.90 Å². The number of hydrogen-bond donors (Lipinski definition) is 0. The number of hydrogen-bond acceptors (Lipinski definition) is 2. The van der Waals surface area contributed by atoms with Crippen molar-refractivity contribution >= 4 is 11.4 Å². The second kappa shape index (κ2) is 8.84. The highest BCUT2D eigenvalue weighted by molar-refractivity contribution is 5.73. The lowest BCUT2D eigenvalue weighted by atomic mass is 9.79. The molecule has 0 amide bonds. The van der Waals surface area contributed by atoms with Crippen molar-refractivity contribution in [2.45, 2.75) is 31.6 Å². The predicted octanol–water partition coefficient (Wildman–Crippen LogP) is 6.22. The summed E-state index contributed by atoms with van der Waals surface area (Å²) in [6.07, 6.45) is 2.21. The predicted molar refractivity (Wildman–Crippen MR) is 124 cm³/mol. The van der Waals surface area contributed by atoms with Gasteiger partial charge in [0, 0.05) is 17.9 Å². The Morgan fingerprint density at radius 1 is 0.759 bits per heavy atom. The first-order chi connectivity index (χ1) is 14.1. The van der Waals surface area contributed by atoms with Crippen LogP contribution in [0.3, 0.4) is 0 Å². The largest absolute Gasteiger partial charge is 0.341 e. The summed E-state index contributed by atoms with van der Waals surface area (Å²) >= 11 is 0. The van der Waals surface area contributed by atoms with Gasteiger partial charge in [-0.3, -0.25) is 0 Å². The van der Waals surface area contributed by atoms with E-state index in [-0.39, 0.29) is 0 Å². The summed E-state index contributed by atoms with van der Waals surface area (Å²) in [7, 11) is 4.31. The molecule has 0 aliphatic carbocycles. The number of benzene rings is 3. The lowest BCUT2D eigenvalue weighted by molar-refractivity contribution is 0.402. The van der Waals surface area contributed by atoms with E-state index in [1.54, 1.807) is 0 Å². The highest BCUT2D eigenvalue weighted by Crippen LogP contribution is 2.48. The normalized spacial score (nSPS) is 18.3. The zero-order valence-electron chi connectivity index (χ0n) is 17.9. The molecule has 2 atom stereocenters. The van der Waals surface area contributed by atoms with Crippen LogP contribution in [0.5, 0.6) is 0 Å². The van der Waals surface area contributed by atoms with E-state index in [1.807, 2.05) is 0 Å². The van der Waals surface area contributed by atoms with Gasteiger partial charge in [0.2, 0.25) is 0 Å². The van der Waals surface area contributed by atoms with Crippen molar-refractivity contribution in [3.8, 4) is 0 Å². The van der Waals surface area contributed by atoms with Gasteiger partial charge in [0.15, 0.2) is 0 Å². The van der Waals surface area contributed by atoms with E-state index in [0.717, 1.165) is 25.9 Å². The van der Waals surface area contributed by atoms with Crippen LogP contribution in [0.15, 0.2) is 78.9 Å². The molecule has 0 saturated heterocycles. The van der Waals surface area contributed by atoms with Gasteiger partial charge in [-0.2, -0.15) is 0 Å². The first-order valence-corrected chi connectivity index (χ1v) is 10.8. The topological polar surface area (TPSA) is 6.48 Å². The third-order valence-electron chi connectivity index (χ3n) is 6.23. The summed E-state index contributed by atoms with van der Waals surface area (Å²) in [6, 6.07) is 29.0. The molecule has 2 unspecified atom stereocenters. The molecule has 4 rings (SSSR count). The Kier molecular flexibility index (Phi) is 6.01. The monoisotopic (exact) mass is 384 g/mol. The average Bonchev–Trinajstić information content (AvgIpc) is 2.84. The van der Waals surface area contributed by atoms with Crippen molar-refractivity contribution in [2.75, 3.05) is 32.1 Å². The highest BCUT2D eigenvalue weighted by atomic mass is 15.1. The Bertz CT molecular complexity index is 932. The minimum absolute atomic E-state index is 0.464. The van der Waals surface area contributed by atoms with Gasteiger partial charge in [0.25, 0.3) is 0 Å². The molecule has 1 aliphatic heterocycles. The van der Waals surface area contributed by atoms with Crippen molar-refractivity contribution in [1.82, 2.24) is 4.90 Å². The van der Waals surface area contributed by atoms with Crippen LogP contribution in [0.4, 0.5) is 11.4 Å². The summed E-state index contributed by atoms with van der Waals surface area (Å²) in [5.74, 6) is 0.931. The minimum atomic E-state index is 0.464. The quantitative estimate of drug-likeness (QED) is 0.498. The smallest absolute Gasteiger partial charge is 0.0446 e. The van der Waals surface area contributed by atoms with E-state index in [4.69, 9.17) is 0 Å². The fourth-order valence-corrected chi connectivity index (χ4v) is 4.72. The van der Waals surface area contributed by atoms with Crippen LogP contribution in [-0.4, -0.2) is 32.1 Å². The molecule has 0 N–H and O–H groups in total. The maximum absolute atomic E-state index is 2.57. The van der Waals surface area contributed by atoms with Crippen LogP contribution in [0, 0.1) is 0 Å². The van der Waals surface area contributed by atoms with E-state index >= 15 is 0 Å². The van der Waals surface area contributed by atoms with E-state index in [9.17, 15) is 0 Å². The van der Waals surface area contributed by atoms with E-state index < -0.39 is 0 Å². The molecule has 0 fully saturated rings. The summed E-state index contributed by atoms with van der Waals surface area (Å²) in [5.41, 5.74) is 7.11. The zero-order chi connectivity index (χ0) is 20.2. The molecular formula is C27H32N2. The molecule has 0 saturated carbocycles. The average molecular weight is 385 g/mol. The molecule has 1 aliphatic rings. The highest BCUT2D eigenvalue weighted by Gasteiger charge is 2.31. The van der Waals surface area contributed by atoms with Crippen molar-refractivity contribution in [3.05, 3.63) is 95.6 Å². The molecule has 3 aromatic rings. The van der Waals surface area contributed by atoms with Crippen LogP contribution in [0.25, 0.3) is 0 Å². The molecule has 150 valence electrons. The fraction of sp³-hybridized carbons (Fsp3) is 0.333. The molecular weight excluding hydrogens is 352 g/mol. The molecule has 0 bridgehead atoms. The fourth-order valence-electron chi connectivity index (χ4n) is 4.72. The molecule has 29 heavy (non-hydrogen) atoms. The van der Waals surface area contributed by atoms with Crippen molar-refractivity contribution in [3.63, 3.8) is 0 Å². The van der Waals surface area contributed by atoms with Gasteiger partial charge in [-0.1, -0.05) is 73.7 Å². The number of nitrogens with zero attached hydrogens (tertiary/aromatic N) is 2. The van der Waals surface area contributed by atoms with Gasteiger partial charge in [0.1, 0.15) is 0 Å². The summed E-state index contributed by atoms with van der Waals surface area (Å²) < 4.78 is 0. The lowest BCUT2D eigenvalue weighted by Crippen LogP contribution is -2.24. The molecule has 0 radical (unpaired) electrons. The number of rotatable bonds is 6. The third kappa shape index (κ3) is 4.23. The second-order valence-corrected chi connectivity index (χ2v) is 8.51. The Morgan fingerprint density at radius 3 is 2.03 bits per heavy atom. The molecule has 2 heteroatoms. The van der Waals surface area contributed by atoms with E-state index in [2.05, 4.69) is 110 Å². The van der Waals surface area contributed by atoms with Gasteiger partial charge >= 0.3 is 0 Å². The zero-order valence-corrected chi connectivity index (χ0v) is 17.9.